The molecule has 0 saturated heterocycles. The zero-order valence-electron chi connectivity index (χ0n) is 9.47. The normalized spacial score (nSPS) is 9.65. The third-order valence-electron chi connectivity index (χ3n) is 2.30. The summed E-state index contributed by atoms with van der Waals surface area (Å²) < 4.78 is 2.52. The summed E-state index contributed by atoms with van der Waals surface area (Å²) in [6.07, 6.45) is 1.99. The second-order valence-corrected chi connectivity index (χ2v) is 5.99. The van der Waals surface area contributed by atoms with Crippen molar-refractivity contribution in [2.75, 3.05) is 5.32 Å². The van der Waals surface area contributed by atoms with Gasteiger partial charge in [0.25, 0.3) is 0 Å². The van der Waals surface area contributed by atoms with Crippen molar-refractivity contribution in [2.45, 2.75) is 6.92 Å². The number of nitriles is 1. The fraction of sp³-hybridized carbons (Fsp3) is 0.0714. The van der Waals surface area contributed by atoms with Gasteiger partial charge in [-0.25, -0.2) is 0 Å². The summed E-state index contributed by atoms with van der Waals surface area (Å²) in [6, 6.07) is 16.5. The first-order valence-electron chi connectivity index (χ1n) is 5.28. The first-order chi connectivity index (χ1) is 8.29. The number of anilines is 1. The summed E-state index contributed by atoms with van der Waals surface area (Å²) in [5, 5.41) is 11.5. The molecular weight excluding hydrogens is 275 g/mol. The van der Waals surface area contributed by atoms with Crippen LogP contribution in [0.2, 0.25) is 0 Å². The average molecular weight is 287 g/mol. The van der Waals surface area contributed by atoms with Gasteiger partial charge in [-0.05, 0) is 0 Å². The van der Waals surface area contributed by atoms with E-state index in [-0.39, 0.29) is 15.0 Å². The molecule has 1 N–H and O–H groups in total. The third kappa shape index (κ3) is 3.10. The molecule has 3 heteroatoms. The van der Waals surface area contributed by atoms with Gasteiger partial charge < -0.3 is 0 Å². The van der Waals surface area contributed by atoms with Gasteiger partial charge in [0.1, 0.15) is 0 Å². The molecule has 0 amide bonds. The number of nitrogens with zero attached hydrogens (tertiary/aromatic N) is 1. The molecule has 0 radical (unpaired) electrons. The average Bonchev–Trinajstić information content (AvgIpc) is 2.34. The van der Waals surface area contributed by atoms with Crippen LogP contribution in [0.1, 0.15) is 5.56 Å². The number of aryl methyl sites for hydroxylation is 1. The summed E-state index contributed by atoms with van der Waals surface area (Å²) in [7, 11) is 0. The first-order valence-corrected chi connectivity index (χ1v) is 6.99. The van der Waals surface area contributed by atoms with Crippen molar-refractivity contribution < 1.29 is 0 Å². The minimum absolute atomic E-state index is 0.229. The predicted molar refractivity (Wildman–Crippen MR) is 71.9 cm³/mol. The topological polar surface area (TPSA) is 35.8 Å². The van der Waals surface area contributed by atoms with Crippen LogP contribution in [-0.2, 0) is 0 Å². The van der Waals surface area contributed by atoms with E-state index in [1.54, 1.807) is 0 Å². The number of hydrogen-bond acceptors (Lipinski definition) is 2. The van der Waals surface area contributed by atoms with Crippen LogP contribution in [-0.4, -0.2) is 15.0 Å². The van der Waals surface area contributed by atoms with Crippen molar-refractivity contribution in [3.63, 3.8) is 0 Å². The van der Waals surface area contributed by atoms with E-state index < -0.39 is 0 Å². The Hall–Kier alpha value is -1.75. The Morgan fingerprint density at radius 3 is 2.59 bits per heavy atom. The Labute approximate surface area is 107 Å². The van der Waals surface area contributed by atoms with Crippen LogP contribution in [0.4, 0.5) is 5.69 Å². The summed E-state index contributed by atoms with van der Waals surface area (Å²) in [5.74, 6) is 0. The van der Waals surface area contributed by atoms with Crippen molar-refractivity contribution in [2.24, 2.45) is 0 Å². The van der Waals surface area contributed by atoms with Crippen molar-refractivity contribution >= 4 is 29.6 Å². The Morgan fingerprint density at radius 1 is 1.12 bits per heavy atom. The van der Waals surface area contributed by atoms with Crippen molar-refractivity contribution in [1.29, 1.82) is 5.26 Å². The number of nitrogens with one attached hydrogen (secondary N) is 1. The van der Waals surface area contributed by atoms with Crippen LogP contribution in [0.3, 0.4) is 0 Å². The van der Waals surface area contributed by atoms with E-state index >= 15 is 0 Å². The van der Waals surface area contributed by atoms with Gasteiger partial charge in [-0.2, -0.15) is 0 Å². The summed E-state index contributed by atoms with van der Waals surface area (Å²) in [4.78, 5) is 0. The molecule has 2 nitrogen and oxygen atoms in total. The Balaban J connectivity index is 2.31. The standard InChI is InChI=1S/C14H12N2Se/c1-11-7-8-13(16-10-15)14(9-11)17-12-5-3-2-4-6-12/h2-9,16H,1H3. The molecule has 2 aromatic rings. The van der Waals surface area contributed by atoms with Crippen molar-refractivity contribution in [3.05, 3.63) is 54.1 Å². The molecule has 2 aromatic carbocycles. The van der Waals surface area contributed by atoms with E-state index in [1.807, 2.05) is 36.5 Å². The second-order valence-electron chi connectivity index (χ2n) is 3.65. The SMILES string of the molecule is Cc1ccc(NC#N)c([Se]c2ccccc2)c1. The number of hydrogen-bond donors (Lipinski definition) is 1. The minimum atomic E-state index is 0.229. The molecule has 0 saturated carbocycles. The molecule has 0 atom stereocenters. The molecule has 0 heterocycles. The van der Waals surface area contributed by atoms with Gasteiger partial charge in [-0.15, -0.1) is 0 Å². The zero-order chi connectivity index (χ0) is 12.1. The van der Waals surface area contributed by atoms with Gasteiger partial charge in [0, 0.05) is 0 Å². The molecule has 84 valence electrons. The Bertz CT molecular complexity index is 544. The maximum absolute atomic E-state index is 8.73. The summed E-state index contributed by atoms with van der Waals surface area (Å²) in [6.45, 7) is 2.07. The van der Waals surface area contributed by atoms with Gasteiger partial charge in [0.15, 0.2) is 0 Å². The van der Waals surface area contributed by atoms with Crippen LogP contribution >= 0.6 is 0 Å². The van der Waals surface area contributed by atoms with Gasteiger partial charge >= 0.3 is 107 Å². The van der Waals surface area contributed by atoms with E-state index in [0.29, 0.717) is 0 Å². The van der Waals surface area contributed by atoms with Gasteiger partial charge in [-0.1, -0.05) is 0 Å². The summed E-state index contributed by atoms with van der Waals surface area (Å²) in [5.41, 5.74) is 2.14. The quantitative estimate of drug-likeness (QED) is 0.528. The van der Waals surface area contributed by atoms with E-state index in [9.17, 15) is 0 Å². The molecule has 0 aliphatic heterocycles. The molecule has 0 fully saturated rings. The van der Waals surface area contributed by atoms with Crippen molar-refractivity contribution in [1.82, 2.24) is 0 Å². The molecule has 0 aromatic heterocycles. The summed E-state index contributed by atoms with van der Waals surface area (Å²) >= 11 is 0.229. The Morgan fingerprint density at radius 2 is 1.88 bits per heavy atom. The number of rotatable bonds is 3. The monoisotopic (exact) mass is 288 g/mol. The zero-order valence-corrected chi connectivity index (χ0v) is 11.2. The molecule has 0 bridgehead atoms. The van der Waals surface area contributed by atoms with Crippen LogP contribution < -0.4 is 14.2 Å². The maximum atomic E-state index is 8.73. The van der Waals surface area contributed by atoms with Gasteiger partial charge in [0.2, 0.25) is 0 Å². The molecule has 0 unspecified atom stereocenters. The van der Waals surface area contributed by atoms with Crippen molar-refractivity contribution in [3.8, 4) is 6.19 Å². The van der Waals surface area contributed by atoms with Crippen LogP contribution in [0.5, 0.6) is 0 Å². The predicted octanol–water partition coefficient (Wildman–Crippen LogP) is 1.54. The van der Waals surface area contributed by atoms with Crippen LogP contribution in [0.25, 0.3) is 0 Å². The fourth-order valence-corrected chi connectivity index (χ4v) is 3.64. The molecule has 0 aliphatic carbocycles. The Kier molecular flexibility index (Phi) is 3.82. The van der Waals surface area contributed by atoms with Crippen LogP contribution in [0, 0.1) is 18.4 Å². The van der Waals surface area contributed by atoms with Crippen LogP contribution in [0.15, 0.2) is 48.5 Å². The van der Waals surface area contributed by atoms with Gasteiger partial charge in [-0.3, -0.25) is 0 Å². The first kappa shape index (κ1) is 11.7. The van der Waals surface area contributed by atoms with E-state index in [1.165, 1.54) is 14.5 Å². The molecular formula is C14H12N2Se. The molecule has 0 aliphatic rings. The number of benzene rings is 2. The van der Waals surface area contributed by atoms with E-state index in [4.69, 9.17) is 5.26 Å². The van der Waals surface area contributed by atoms with Gasteiger partial charge in [0.05, 0.1) is 0 Å². The fourth-order valence-electron chi connectivity index (χ4n) is 1.49. The van der Waals surface area contributed by atoms with E-state index in [2.05, 4.69) is 30.4 Å². The molecule has 0 spiro atoms. The van der Waals surface area contributed by atoms with E-state index in [0.717, 1.165) is 5.69 Å². The molecule has 17 heavy (non-hydrogen) atoms. The third-order valence-corrected chi connectivity index (χ3v) is 4.53. The molecule has 2 rings (SSSR count). The second kappa shape index (κ2) is 5.54.